The number of aryl methyl sites for hydroxylation is 1. The van der Waals surface area contributed by atoms with Crippen LogP contribution in [0.4, 0.5) is 0 Å². The van der Waals surface area contributed by atoms with Crippen molar-refractivity contribution < 1.29 is 0 Å². The summed E-state index contributed by atoms with van der Waals surface area (Å²) in [5, 5.41) is 14.5. The minimum absolute atomic E-state index is 0.0276. The first-order valence-corrected chi connectivity index (χ1v) is 9.87. The first-order chi connectivity index (χ1) is 14.3. The molecule has 0 aliphatic heterocycles. The van der Waals surface area contributed by atoms with Gasteiger partial charge >= 0.3 is 0 Å². The van der Waals surface area contributed by atoms with Gasteiger partial charge in [0.05, 0.1) is 6.54 Å². The van der Waals surface area contributed by atoms with Gasteiger partial charge < -0.3 is 4.57 Å². The third-order valence-electron chi connectivity index (χ3n) is 5.08. The zero-order valence-electron chi connectivity index (χ0n) is 16.4. The van der Waals surface area contributed by atoms with Gasteiger partial charge in [-0.25, -0.2) is 0 Å². The number of H-pyrrole nitrogens is 1. The molecule has 0 unspecified atom stereocenters. The van der Waals surface area contributed by atoms with Crippen LogP contribution in [0.15, 0.2) is 71.5 Å². The van der Waals surface area contributed by atoms with Crippen molar-refractivity contribution in [1.82, 2.24) is 25.2 Å². The average Bonchev–Trinajstić information content (AvgIpc) is 3.29. The summed E-state index contributed by atoms with van der Waals surface area (Å²) in [6.45, 7) is 2.69. The first-order valence-electron chi connectivity index (χ1n) is 9.87. The lowest BCUT2D eigenvalue weighted by Gasteiger charge is -2.16. The van der Waals surface area contributed by atoms with Gasteiger partial charge in [0.2, 0.25) is 5.82 Å². The Morgan fingerprint density at radius 3 is 2.41 bits per heavy atom. The van der Waals surface area contributed by atoms with E-state index in [1.165, 1.54) is 0 Å². The summed E-state index contributed by atoms with van der Waals surface area (Å²) in [6, 6.07) is 21.7. The molecule has 1 N–H and O–H groups in total. The van der Waals surface area contributed by atoms with Gasteiger partial charge in [-0.3, -0.25) is 4.79 Å². The number of benzene rings is 2. The maximum absolute atomic E-state index is 12.6. The highest BCUT2D eigenvalue weighted by Gasteiger charge is 2.14. The fraction of sp³-hybridized carbons (Fsp3) is 0.217. The number of rotatable bonds is 7. The van der Waals surface area contributed by atoms with Crippen molar-refractivity contribution in [2.45, 2.75) is 32.7 Å². The molecule has 0 radical (unpaired) electrons. The van der Waals surface area contributed by atoms with Crippen molar-refractivity contribution in [1.29, 1.82) is 0 Å². The normalized spacial score (nSPS) is 10.9. The Bertz CT molecular complexity index is 1150. The summed E-state index contributed by atoms with van der Waals surface area (Å²) in [6.07, 6.45) is 3.05. The number of aromatic nitrogens is 5. The molecule has 29 heavy (non-hydrogen) atoms. The highest BCUT2D eigenvalue weighted by Crippen LogP contribution is 2.32. The van der Waals surface area contributed by atoms with Crippen LogP contribution in [0.5, 0.6) is 0 Å². The SMILES string of the molecule is CCCCc1cccc(=O)n1Cc1ccccc1-c1ccccc1-c1nn[nH]n1. The topological polar surface area (TPSA) is 76.5 Å². The molecule has 0 saturated carbocycles. The van der Waals surface area contributed by atoms with Gasteiger partial charge in [-0.2, -0.15) is 5.21 Å². The molecule has 146 valence electrons. The number of nitrogens with zero attached hydrogens (tertiary/aromatic N) is 4. The second-order valence-corrected chi connectivity index (χ2v) is 6.98. The molecule has 2 heterocycles. The van der Waals surface area contributed by atoms with E-state index < -0.39 is 0 Å². The fourth-order valence-electron chi connectivity index (χ4n) is 3.60. The Morgan fingerprint density at radius 1 is 0.897 bits per heavy atom. The first kappa shape index (κ1) is 18.8. The Morgan fingerprint density at radius 2 is 1.66 bits per heavy atom. The van der Waals surface area contributed by atoms with Gasteiger partial charge in [0.1, 0.15) is 0 Å². The summed E-state index contributed by atoms with van der Waals surface area (Å²) in [7, 11) is 0. The third kappa shape index (κ3) is 4.01. The van der Waals surface area contributed by atoms with E-state index in [1.54, 1.807) is 6.07 Å². The van der Waals surface area contributed by atoms with E-state index in [4.69, 9.17) is 0 Å². The van der Waals surface area contributed by atoms with Gasteiger partial charge in [0, 0.05) is 17.3 Å². The molecule has 2 aromatic carbocycles. The molecule has 0 atom stereocenters. The average molecular weight is 385 g/mol. The molecule has 0 spiro atoms. The summed E-state index contributed by atoms with van der Waals surface area (Å²) >= 11 is 0. The van der Waals surface area contributed by atoms with Crippen LogP contribution in [0.25, 0.3) is 22.5 Å². The van der Waals surface area contributed by atoms with Crippen molar-refractivity contribution in [2.75, 3.05) is 0 Å². The summed E-state index contributed by atoms with van der Waals surface area (Å²) in [5.74, 6) is 0.552. The van der Waals surface area contributed by atoms with Crippen molar-refractivity contribution in [3.05, 3.63) is 88.3 Å². The van der Waals surface area contributed by atoms with Crippen LogP contribution in [0.3, 0.4) is 0 Å². The molecule has 2 aromatic heterocycles. The molecule has 6 nitrogen and oxygen atoms in total. The number of hydrogen-bond acceptors (Lipinski definition) is 4. The Labute approximate surface area is 169 Å². The maximum atomic E-state index is 12.6. The lowest BCUT2D eigenvalue weighted by molar-refractivity contribution is 0.668. The largest absolute Gasteiger partial charge is 0.308 e. The van der Waals surface area contributed by atoms with E-state index >= 15 is 0 Å². The second kappa shape index (κ2) is 8.65. The lowest BCUT2D eigenvalue weighted by Crippen LogP contribution is -2.23. The van der Waals surface area contributed by atoms with Crippen molar-refractivity contribution in [2.24, 2.45) is 0 Å². The molecule has 4 rings (SSSR count). The molecule has 4 aromatic rings. The van der Waals surface area contributed by atoms with E-state index in [0.717, 1.165) is 47.2 Å². The minimum Gasteiger partial charge on any atom is -0.308 e. The zero-order valence-corrected chi connectivity index (χ0v) is 16.4. The van der Waals surface area contributed by atoms with Crippen molar-refractivity contribution in [3.8, 4) is 22.5 Å². The van der Waals surface area contributed by atoms with Crippen molar-refractivity contribution in [3.63, 3.8) is 0 Å². The van der Waals surface area contributed by atoms with Crippen LogP contribution < -0.4 is 5.56 Å². The number of unbranched alkanes of at least 4 members (excludes halogenated alkanes) is 1. The van der Waals surface area contributed by atoms with E-state index in [-0.39, 0.29) is 5.56 Å². The molecular formula is C23H23N5O. The number of hydrogen-bond donors (Lipinski definition) is 1. The summed E-state index contributed by atoms with van der Waals surface area (Å²) in [5.41, 5.74) is 5.16. The van der Waals surface area contributed by atoms with Gasteiger partial charge in [-0.05, 0) is 40.8 Å². The zero-order chi connectivity index (χ0) is 20.1. The second-order valence-electron chi connectivity index (χ2n) is 6.98. The monoisotopic (exact) mass is 385 g/mol. The van der Waals surface area contributed by atoms with Crippen LogP contribution >= 0.6 is 0 Å². The molecule has 0 aliphatic rings. The van der Waals surface area contributed by atoms with Gasteiger partial charge in [-0.15, -0.1) is 10.2 Å². The fourth-order valence-corrected chi connectivity index (χ4v) is 3.60. The van der Waals surface area contributed by atoms with E-state index in [1.807, 2.05) is 47.0 Å². The van der Waals surface area contributed by atoms with Crippen molar-refractivity contribution >= 4 is 0 Å². The molecule has 0 amide bonds. The smallest absolute Gasteiger partial charge is 0.251 e. The van der Waals surface area contributed by atoms with E-state index in [0.29, 0.717) is 12.4 Å². The predicted octanol–water partition coefficient (Wildman–Crippen LogP) is 4.09. The predicted molar refractivity (Wildman–Crippen MR) is 113 cm³/mol. The lowest BCUT2D eigenvalue weighted by atomic mass is 9.95. The quantitative estimate of drug-likeness (QED) is 0.520. The number of pyridine rings is 1. The van der Waals surface area contributed by atoms with Gasteiger partial charge in [0.25, 0.3) is 5.56 Å². The molecule has 0 bridgehead atoms. The molecule has 0 saturated heterocycles. The maximum Gasteiger partial charge on any atom is 0.251 e. The summed E-state index contributed by atoms with van der Waals surface area (Å²) in [4.78, 5) is 12.6. The molecule has 6 heteroatoms. The Kier molecular flexibility index (Phi) is 5.61. The third-order valence-corrected chi connectivity index (χ3v) is 5.08. The number of aromatic amines is 1. The van der Waals surface area contributed by atoms with Gasteiger partial charge in [-0.1, -0.05) is 67.9 Å². The van der Waals surface area contributed by atoms with Crippen LogP contribution in [0, 0.1) is 0 Å². The highest BCUT2D eigenvalue weighted by molar-refractivity contribution is 5.82. The van der Waals surface area contributed by atoms with Crippen LogP contribution in [0.1, 0.15) is 31.0 Å². The molecule has 0 aliphatic carbocycles. The van der Waals surface area contributed by atoms with E-state index in [9.17, 15) is 4.79 Å². The highest BCUT2D eigenvalue weighted by atomic mass is 16.1. The molecule has 0 fully saturated rings. The van der Waals surface area contributed by atoms with E-state index in [2.05, 4.69) is 45.7 Å². The Hall–Kier alpha value is -3.54. The number of tetrazole rings is 1. The van der Waals surface area contributed by atoms with Crippen LogP contribution in [-0.2, 0) is 13.0 Å². The van der Waals surface area contributed by atoms with Crippen LogP contribution in [-0.4, -0.2) is 25.2 Å². The number of nitrogens with one attached hydrogen (secondary N) is 1. The molecular weight excluding hydrogens is 362 g/mol. The standard InChI is InChI=1S/C23H23N5O/c1-2-3-10-18-11-8-15-22(29)28(18)16-17-9-4-5-12-19(17)20-13-6-7-14-21(20)23-24-26-27-25-23/h4-9,11-15H,2-3,10,16H2,1H3,(H,24,25,26,27). The minimum atomic E-state index is 0.0276. The van der Waals surface area contributed by atoms with Gasteiger partial charge in [0.15, 0.2) is 0 Å². The van der Waals surface area contributed by atoms with Crippen LogP contribution in [0.2, 0.25) is 0 Å². The summed E-state index contributed by atoms with van der Waals surface area (Å²) < 4.78 is 1.88. The Balaban J connectivity index is 1.79.